The highest BCUT2D eigenvalue weighted by atomic mass is 16.5. The molecule has 1 aliphatic heterocycles. The topological polar surface area (TPSA) is 103 Å². The number of nitrogens with two attached hydrogens (primary N) is 1. The standard InChI is InChI=1S/C15H19N3O4/c1-2-22-15(21)11-4-3-7-18(9-11)14(20)10-5-6-12(13(16)19)17-8-10/h5-6,8,11H,2-4,7,9H2,1H3,(H2,16,19). The Kier molecular flexibility index (Phi) is 5.08. The van der Waals surface area contributed by atoms with Crippen LogP contribution in [0.1, 0.15) is 40.6 Å². The molecule has 118 valence electrons. The SMILES string of the molecule is CCOC(=O)C1CCCN(C(=O)c2ccc(C(N)=O)nc2)C1. The number of carbonyl (C=O) groups excluding carboxylic acids is 3. The molecule has 1 fully saturated rings. The maximum absolute atomic E-state index is 12.4. The van der Waals surface area contributed by atoms with Crippen molar-refractivity contribution in [2.45, 2.75) is 19.8 Å². The van der Waals surface area contributed by atoms with Crippen molar-refractivity contribution in [2.24, 2.45) is 11.7 Å². The van der Waals surface area contributed by atoms with Crippen molar-refractivity contribution >= 4 is 17.8 Å². The van der Waals surface area contributed by atoms with E-state index in [1.807, 2.05) is 0 Å². The molecule has 0 spiro atoms. The first kappa shape index (κ1) is 15.9. The van der Waals surface area contributed by atoms with E-state index in [1.54, 1.807) is 11.8 Å². The van der Waals surface area contributed by atoms with Gasteiger partial charge in [0.2, 0.25) is 0 Å². The molecule has 1 aliphatic rings. The van der Waals surface area contributed by atoms with Gasteiger partial charge in [0.15, 0.2) is 0 Å². The number of rotatable bonds is 4. The largest absolute Gasteiger partial charge is 0.466 e. The van der Waals surface area contributed by atoms with Gasteiger partial charge in [-0.25, -0.2) is 0 Å². The Balaban J connectivity index is 2.05. The first-order chi connectivity index (χ1) is 10.5. The number of carbonyl (C=O) groups is 3. The fourth-order valence-corrected chi connectivity index (χ4v) is 2.46. The maximum Gasteiger partial charge on any atom is 0.310 e. The summed E-state index contributed by atoms with van der Waals surface area (Å²) in [5, 5.41) is 0. The Morgan fingerprint density at radius 1 is 1.41 bits per heavy atom. The summed E-state index contributed by atoms with van der Waals surface area (Å²) < 4.78 is 5.02. The van der Waals surface area contributed by atoms with Gasteiger partial charge in [-0.15, -0.1) is 0 Å². The zero-order valence-corrected chi connectivity index (χ0v) is 12.4. The van der Waals surface area contributed by atoms with Crippen molar-refractivity contribution in [3.05, 3.63) is 29.6 Å². The lowest BCUT2D eigenvalue weighted by Gasteiger charge is -2.31. The van der Waals surface area contributed by atoms with Gasteiger partial charge < -0.3 is 15.4 Å². The van der Waals surface area contributed by atoms with Crippen LogP contribution in [0.2, 0.25) is 0 Å². The van der Waals surface area contributed by atoms with E-state index in [1.165, 1.54) is 18.3 Å². The van der Waals surface area contributed by atoms with E-state index in [9.17, 15) is 14.4 Å². The van der Waals surface area contributed by atoms with Crippen LogP contribution in [0.15, 0.2) is 18.3 Å². The molecule has 1 unspecified atom stereocenters. The molecule has 1 aromatic heterocycles. The fraction of sp³-hybridized carbons (Fsp3) is 0.467. The first-order valence-electron chi connectivity index (χ1n) is 7.24. The highest BCUT2D eigenvalue weighted by Crippen LogP contribution is 2.19. The third kappa shape index (κ3) is 3.60. The normalized spacial score (nSPS) is 17.9. The zero-order chi connectivity index (χ0) is 16.1. The smallest absolute Gasteiger partial charge is 0.310 e. The van der Waals surface area contributed by atoms with Crippen molar-refractivity contribution in [1.82, 2.24) is 9.88 Å². The van der Waals surface area contributed by atoms with E-state index in [0.29, 0.717) is 25.3 Å². The molecule has 0 radical (unpaired) electrons. The van der Waals surface area contributed by atoms with Crippen molar-refractivity contribution < 1.29 is 19.1 Å². The number of likely N-dealkylation sites (tertiary alicyclic amines) is 1. The number of primary amides is 1. The predicted octanol–water partition coefficient (Wildman–Crippen LogP) is 0.596. The molecule has 2 heterocycles. The second-order valence-electron chi connectivity index (χ2n) is 5.14. The summed E-state index contributed by atoms with van der Waals surface area (Å²) in [7, 11) is 0. The Bertz CT molecular complexity index is 571. The maximum atomic E-state index is 12.4. The number of hydrogen-bond donors (Lipinski definition) is 1. The van der Waals surface area contributed by atoms with Crippen LogP contribution >= 0.6 is 0 Å². The van der Waals surface area contributed by atoms with Crippen LogP contribution in [0.25, 0.3) is 0 Å². The molecule has 1 aromatic rings. The fourth-order valence-electron chi connectivity index (χ4n) is 2.46. The van der Waals surface area contributed by atoms with Gasteiger partial charge in [-0.2, -0.15) is 0 Å². The number of amides is 2. The molecule has 2 rings (SSSR count). The number of aromatic nitrogens is 1. The van der Waals surface area contributed by atoms with E-state index >= 15 is 0 Å². The number of hydrogen-bond acceptors (Lipinski definition) is 5. The Morgan fingerprint density at radius 3 is 2.77 bits per heavy atom. The lowest BCUT2D eigenvalue weighted by Crippen LogP contribution is -2.42. The summed E-state index contributed by atoms with van der Waals surface area (Å²) in [5.74, 6) is -1.39. The summed E-state index contributed by atoms with van der Waals surface area (Å²) in [5.41, 5.74) is 5.60. The quantitative estimate of drug-likeness (QED) is 0.820. The van der Waals surface area contributed by atoms with Gasteiger partial charge in [0.1, 0.15) is 5.69 Å². The Hall–Kier alpha value is -2.44. The second-order valence-corrected chi connectivity index (χ2v) is 5.14. The lowest BCUT2D eigenvalue weighted by molar-refractivity contribution is -0.149. The third-order valence-electron chi connectivity index (χ3n) is 3.59. The molecule has 0 saturated carbocycles. The summed E-state index contributed by atoms with van der Waals surface area (Å²) in [6.07, 6.45) is 2.81. The minimum atomic E-state index is -0.639. The summed E-state index contributed by atoms with van der Waals surface area (Å²) in [6, 6.07) is 2.94. The molecule has 0 aliphatic carbocycles. The van der Waals surface area contributed by atoms with E-state index in [4.69, 9.17) is 10.5 Å². The van der Waals surface area contributed by atoms with Gasteiger partial charge in [-0.1, -0.05) is 0 Å². The summed E-state index contributed by atoms with van der Waals surface area (Å²) in [4.78, 5) is 40.7. The number of ether oxygens (including phenoxy) is 1. The summed E-state index contributed by atoms with van der Waals surface area (Å²) >= 11 is 0. The minimum absolute atomic E-state index is 0.111. The van der Waals surface area contributed by atoms with Crippen LogP contribution in [0, 0.1) is 5.92 Å². The highest BCUT2D eigenvalue weighted by molar-refractivity contribution is 5.96. The van der Waals surface area contributed by atoms with Gasteiger partial charge >= 0.3 is 5.97 Å². The van der Waals surface area contributed by atoms with Crippen molar-refractivity contribution in [3.8, 4) is 0 Å². The first-order valence-corrected chi connectivity index (χ1v) is 7.24. The summed E-state index contributed by atoms with van der Waals surface area (Å²) in [6.45, 7) is 3.03. The van der Waals surface area contributed by atoms with E-state index in [-0.39, 0.29) is 23.5 Å². The van der Waals surface area contributed by atoms with Crippen LogP contribution in [-0.2, 0) is 9.53 Å². The minimum Gasteiger partial charge on any atom is -0.466 e. The van der Waals surface area contributed by atoms with Crippen molar-refractivity contribution in [3.63, 3.8) is 0 Å². The molecule has 22 heavy (non-hydrogen) atoms. The number of nitrogens with zero attached hydrogens (tertiary/aromatic N) is 2. The number of esters is 1. The van der Waals surface area contributed by atoms with Crippen LogP contribution < -0.4 is 5.73 Å². The Labute approximate surface area is 128 Å². The van der Waals surface area contributed by atoms with Gasteiger partial charge in [0.25, 0.3) is 11.8 Å². The van der Waals surface area contributed by atoms with Crippen LogP contribution in [-0.4, -0.2) is 47.4 Å². The van der Waals surface area contributed by atoms with Gasteiger partial charge in [0, 0.05) is 19.3 Å². The molecule has 0 bridgehead atoms. The zero-order valence-electron chi connectivity index (χ0n) is 12.4. The van der Waals surface area contributed by atoms with Crippen LogP contribution in [0.5, 0.6) is 0 Å². The molecule has 7 heteroatoms. The number of pyridine rings is 1. The van der Waals surface area contributed by atoms with Gasteiger partial charge in [0.05, 0.1) is 18.1 Å². The average Bonchev–Trinajstić information content (AvgIpc) is 2.54. The molecule has 1 atom stereocenters. The van der Waals surface area contributed by atoms with Gasteiger partial charge in [-0.3, -0.25) is 19.4 Å². The van der Waals surface area contributed by atoms with E-state index < -0.39 is 5.91 Å². The van der Waals surface area contributed by atoms with Crippen LogP contribution in [0.4, 0.5) is 0 Å². The monoisotopic (exact) mass is 305 g/mol. The predicted molar refractivity (Wildman–Crippen MR) is 78.0 cm³/mol. The molecular formula is C15H19N3O4. The molecule has 7 nitrogen and oxygen atoms in total. The molecule has 0 aromatic carbocycles. The van der Waals surface area contributed by atoms with Crippen molar-refractivity contribution in [1.29, 1.82) is 0 Å². The van der Waals surface area contributed by atoms with Crippen molar-refractivity contribution in [2.75, 3.05) is 19.7 Å². The number of piperidine rings is 1. The second kappa shape index (κ2) is 7.02. The third-order valence-corrected chi connectivity index (χ3v) is 3.59. The Morgan fingerprint density at radius 2 is 2.18 bits per heavy atom. The molecule has 1 saturated heterocycles. The molecular weight excluding hydrogens is 286 g/mol. The van der Waals surface area contributed by atoms with Gasteiger partial charge in [-0.05, 0) is 31.9 Å². The average molecular weight is 305 g/mol. The van der Waals surface area contributed by atoms with E-state index in [0.717, 1.165) is 12.8 Å². The lowest BCUT2D eigenvalue weighted by atomic mass is 9.97. The molecule has 2 amide bonds. The highest BCUT2D eigenvalue weighted by Gasteiger charge is 2.29. The van der Waals surface area contributed by atoms with E-state index in [2.05, 4.69) is 4.98 Å². The molecule has 2 N–H and O–H groups in total. The van der Waals surface area contributed by atoms with Crippen LogP contribution in [0.3, 0.4) is 0 Å².